The topological polar surface area (TPSA) is 58.2 Å². The maximum absolute atomic E-state index is 11.5. The van der Waals surface area contributed by atoms with Crippen LogP contribution in [0.1, 0.15) is 84.5 Å². The van der Waals surface area contributed by atoms with Crippen LogP contribution in [0, 0.1) is 0 Å². The molecule has 0 heterocycles. The predicted molar refractivity (Wildman–Crippen MR) is 93.0 cm³/mol. The van der Waals surface area contributed by atoms with Gasteiger partial charge in [-0.25, -0.2) is 0 Å². The van der Waals surface area contributed by atoms with E-state index in [0.29, 0.717) is 12.2 Å². The molecule has 0 aliphatic heterocycles. The molecule has 0 saturated carbocycles. The van der Waals surface area contributed by atoms with E-state index in [1.54, 1.807) is 6.92 Å². The van der Waals surface area contributed by atoms with E-state index in [2.05, 4.69) is 17.6 Å². The maximum Gasteiger partial charge on any atom is 0.219 e. The lowest BCUT2D eigenvalue weighted by Crippen LogP contribution is -2.27. The van der Waals surface area contributed by atoms with Gasteiger partial charge in [-0.2, -0.15) is 0 Å². The van der Waals surface area contributed by atoms with Crippen LogP contribution >= 0.6 is 0 Å². The van der Waals surface area contributed by atoms with Gasteiger partial charge in [0.1, 0.15) is 5.78 Å². The lowest BCUT2D eigenvalue weighted by molar-refractivity contribution is -0.121. The second kappa shape index (κ2) is 16.5. The van der Waals surface area contributed by atoms with Crippen LogP contribution in [-0.4, -0.2) is 31.3 Å². The van der Waals surface area contributed by atoms with Gasteiger partial charge in [0.2, 0.25) is 5.91 Å². The molecule has 0 fully saturated rings. The first-order valence-electron chi connectivity index (χ1n) is 9.13. The predicted octanol–water partition coefficient (Wildman–Crippen LogP) is 3.59. The Morgan fingerprint density at radius 3 is 2.09 bits per heavy atom. The van der Waals surface area contributed by atoms with Crippen LogP contribution in [0.15, 0.2) is 0 Å². The summed E-state index contributed by atoms with van der Waals surface area (Å²) in [6, 6.07) is 0. The lowest BCUT2D eigenvalue weighted by atomic mass is 10.1. The number of ketones is 1. The van der Waals surface area contributed by atoms with Gasteiger partial charge in [0.05, 0.1) is 0 Å². The molecule has 0 unspecified atom stereocenters. The van der Waals surface area contributed by atoms with Gasteiger partial charge in [0.25, 0.3) is 0 Å². The molecule has 0 aromatic heterocycles. The molecular weight excluding hydrogens is 276 g/mol. The van der Waals surface area contributed by atoms with E-state index in [0.717, 1.165) is 58.2 Å². The largest absolute Gasteiger partial charge is 0.356 e. The van der Waals surface area contributed by atoms with Gasteiger partial charge in [-0.05, 0) is 45.7 Å². The standard InChI is InChI=1S/C18H36N2O2/c1-3-4-5-9-13-18(22)20-16-11-15-19-14-10-7-6-8-12-17(2)21/h19H,3-16H2,1-2H3,(H,20,22). The molecule has 0 rings (SSSR count). The minimum atomic E-state index is 0.196. The Balaban J connectivity index is 3.13. The molecule has 0 aliphatic rings. The summed E-state index contributed by atoms with van der Waals surface area (Å²) in [6.45, 7) is 6.61. The van der Waals surface area contributed by atoms with Gasteiger partial charge in [0.15, 0.2) is 0 Å². The van der Waals surface area contributed by atoms with Gasteiger partial charge < -0.3 is 15.4 Å². The first-order chi connectivity index (χ1) is 10.7. The zero-order chi connectivity index (χ0) is 16.5. The summed E-state index contributed by atoms with van der Waals surface area (Å²) >= 11 is 0. The van der Waals surface area contributed by atoms with E-state index >= 15 is 0 Å². The van der Waals surface area contributed by atoms with E-state index < -0.39 is 0 Å². The Morgan fingerprint density at radius 2 is 1.36 bits per heavy atom. The Hall–Kier alpha value is -0.900. The van der Waals surface area contributed by atoms with Gasteiger partial charge in [-0.15, -0.1) is 0 Å². The summed E-state index contributed by atoms with van der Waals surface area (Å²) < 4.78 is 0. The van der Waals surface area contributed by atoms with Crippen molar-refractivity contribution in [2.24, 2.45) is 0 Å². The average Bonchev–Trinajstić information content (AvgIpc) is 2.49. The Kier molecular flexibility index (Phi) is 15.8. The van der Waals surface area contributed by atoms with Gasteiger partial charge in [0, 0.05) is 19.4 Å². The maximum atomic E-state index is 11.5. The third-order valence-corrected chi connectivity index (χ3v) is 3.74. The van der Waals surface area contributed by atoms with Crippen molar-refractivity contribution in [3.63, 3.8) is 0 Å². The fourth-order valence-corrected chi connectivity index (χ4v) is 2.34. The molecule has 0 aliphatic carbocycles. The number of carbonyl (C=O) groups excluding carboxylic acids is 2. The quantitative estimate of drug-likeness (QED) is 0.428. The monoisotopic (exact) mass is 312 g/mol. The highest BCUT2D eigenvalue weighted by molar-refractivity contribution is 5.75. The smallest absolute Gasteiger partial charge is 0.219 e. The first-order valence-corrected chi connectivity index (χ1v) is 9.13. The van der Waals surface area contributed by atoms with Gasteiger partial charge >= 0.3 is 0 Å². The summed E-state index contributed by atoms with van der Waals surface area (Å²) in [5.74, 6) is 0.493. The van der Waals surface area contributed by atoms with E-state index in [-0.39, 0.29) is 5.91 Å². The van der Waals surface area contributed by atoms with Crippen LogP contribution < -0.4 is 10.6 Å². The summed E-state index contributed by atoms with van der Waals surface area (Å²) in [4.78, 5) is 22.3. The van der Waals surface area contributed by atoms with E-state index in [4.69, 9.17) is 0 Å². The molecule has 0 spiro atoms. The highest BCUT2D eigenvalue weighted by Gasteiger charge is 1.99. The molecule has 130 valence electrons. The molecular formula is C18H36N2O2. The highest BCUT2D eigenvalue weighted by atomic mass is 16.1. The Bertz CT molecular complexity index is 280. The van der Waals surface area contributed by atoms with Crippen LogP contribution in [0.4, 0.5) is 0 Å². The molecule has 22 heavy (non-hydrogen) atoms. The number of hydrogen-bond donors (Lipinski definition) is 2. The van der Waals surface area contributed by atoms with Crippen molar-refractivity contribution in [3.8, 4) is 0 Å². The SMILES string of the molecule is CCCCCCC(=O)NCCCNCCCCCCC(C)=O. The molecule has 0 radical (unpaired) electrons. The van der Waals surface area contributed by atoms with Crippen LogP contribution in [0.2, 0.25) is 0 Å². The fraction of sp³-hybridized carbons (Fsp3) is 0.889. The number of rotatable bonds is 16. The molecule has 0 bridgehead atoms. The van der Waals surface area contributed by atoms with Crippen molar-refractivity contribution >= 4 is 11.7 Å². The summed E-state index contributed by atoms with van der Waals surface area (Å²) in [7, 11) is 0. The summed E-state index contributed by atoms with van der Waals surface area (Å²) in [5, 5.41) is 6.38. The van der Waals surface area contributed by atoms with E-state index in [9.17, 15) is 9.59 Å². The number of amides is 1. The normalized spacial score (nSPS) is 10.6. The van der Waals surface area contributed by atoms with Gasteiger partial charge in [-0.1, -0.05) is 39.0 Å². The average molecular weight is 312 g/mol. The lowest BCUT2D eigenvalue weighted by Gasteiger charge is -2.06. The Morgan fingerprint density at radius 1 is 0.727 bits per heavy atom. The minimum absolute atomic E-state index is 0.196. The second-order valence-electron chi connectivity index (χ2n) is 6.13. The molecule has 0 aromatic rings. The third-order valence-electron chi connectivity index (χ3n) is 3.74. The van der Waals surface area contributed by atoms with Crippen LogP contribution in [0.3, 0.4) is 0 Å². The van der Waals surface area contributed by atoms with E-state index in [1.165, 1.54) is 25.7 Å². The zero-order valence-corrected chi connectivity index (χ0v) is 14.7. The third kappa shape index (κ3) is 17.2. The number of carbonyl (C=O) groups is 2. The fourth-order valence-electron chi connectivity index (χ4n) is 2.34. The van der Waals surface area contributed by atoms with Crippen molar-refractivity contribution in [3.05, 3.63) is 0 Å². The van der Waals surface area contributed by atoms with Crippen molar-refractivity contribution < 1.29 is 9.59 Å². The Labute approximate surface area is 136 Å². The number of nitrogens with one attached hydrogen (secondary N) is 2. The number of unbranched alkanes of at least 4 members (excludes halogenated alkanes) is 6. The minimum Gasteiger partial charge on any atom is -0.356 e. The molecule has 0 aromatic carbocycles. The van der Waals surface area contributed by atoms with Crippen LogP contribution in [0.5, 0.6) is 0 Å². The van der Waals surface area contributed by atoms with Crippen molar-refractivity contribution in [2.45, 2.75) is 84.5 Å². The van der Waals surface area contributed by atoms with Crippen LogP contribution in [0.25, 0.3) is 0 Å². The van der Waals surface area contributed by atoms with E-state index in [1.807, 2.05) is 0 Å². The highest BCUT2D eigenvalue weighted by Crippen LogP contribution is 2.03. The molecule has 4 nitrogen and oxygen atoms in total. The molecule has 4 heteroatoms. The van der Waals surface area contributed by atoms with Crippen molar-refractivity contribution in [1.82, 2.24) is 10.6 Å². The summed E-state index contributed by atoms with van der Waals surface area (Å²) in [5.41, 5.74) is 0. The van der Waals surface area contributed by atoms with Crippen molar-refractivity contribution in [1.29, 1.82) is 0 Å². The number of Topliss-reactive ketones (excluding diaryl/α,β-unsaturated/α-hetero) is 1. The number of hydrogen-bond acceptors (Lipinski definition) is 3. The first kappa shape index (κ1) is 21.1. The molecule has 2 N–H and O–H groups in total. The van der Waals surface area contributed by atoms with Gasteiger partial charge in [-0.3, -0.25) is 4.79 Å². The second-order valence-corrected chi connectivity index (χ2v) is 6.13. The summed E-state index contributed by atoms with van der Waals surface area (Å²) in [6.07, 6.45) is 11.5. The molecule has 0 atom stereocenters. The van der Waals surface area contributed by atoms with Crippen LogP contribution in [-0.2, 0) is 9.59 Å². The molecule has 1 amide bonds. The molecule has 0 saturated heterocycles. The zero-order valence-electron chi connectivity index (χ0n) is 14.7. The van der Waals surface area contributed by atoms with Crippen molar-refractivity contribution in [2.75, 3.05) is 19.6 Å².